The quantitative estimate of drug-likeness (QED) is 0.259. The predicted molar refractivity (Wildman–Crippen MR) is 129 cm³/mol. The minimum Gasteiger partial charge on any atom is -0.489 e. The summed E-state index contributed by atoms with van der Waals surface area (Å²) in [7, 11) is 0. The van der Waals surface area contributed by atoms with Crippen molar-refractivity contribution in [2.75, 3.05) is 0 Å². The summed E-state index contributed by atoms with van der Waals surface area (Å²) < 4.78 is 67.3. The third-order valence-corrected chi connectivity index (χ3v) is 6.40. The zero-order valence-corrected chi connectivity index (χ0v) is 20.4. The Morgan fingerprint density at radius 1 is 0.949 bits per heavy atom. The molecule has 2 heterocycles. The average Bonchev–Trinajstić information content (AvgIpc) is 3.62. The Kier molecular flexibility index (Phi) is 7.11. The fourth-order valence-corrected chi connectivity index (χ4v) is 4.18. The zero-order valence-electron chi connectivity index (χ0n) is 20.4. The van der Waals surface area contributed by atoms with Crippen LogP contribution in [0.1, 0.15) is 29.7 Å². The summed E-state index contributed by atoms with van der Waals surface area (Å²) in [6.07, 6.45) is 1.27. The van der Waals surface area contributed by atoms with Gasteiger partial charge in [-0.2, -0.15) is 0 Å². The van der Waals surface area contributed by atoms with Gasteiger partial charge in [-0.1, -0.05) is 24.2 Å². The van der Waals surface area contributed by atoms with E-state index in [1.807, 2.05) is 0 Å². The van der Waals surface area contributed by atoms with E-state index >= 15 is 0 Å². The number of hydrogen-bond acceptors (Lipinski definition) is 7. The fourth-order valence-electron chi connectivity index (χ4n) is 4.18. The molecule has 0 aliphatic heterocycles. The number of aromatic nitrogens is 5. The van der Waals surface area contributed by atoms with Gasteiger partial charge in [-0.05, 0) is 58.5 Å². The van der Waals surface area contributed by atoms with Gasteiger partial charge in [0.2, 0.25) is 0 Å². The monoisotopic (exact) mass is 539 g/mol. The van der Waals surface area contributed by atoms with Crippen LogP contribution in [0.5, 0.6) is 5.75 Å². The van der Waals surface area contributed by atoms with Gasteiger partial charge in [0.05, 0.1) is 12.5 Å². The van der Waals surface area contributed by atoms with Crippen molar-refractivity contribution in [1.82, 2.24) is 25.4 Å². The molecular weight excluding hydrogens is 518 g/mol. The summed E-state index contributed by atoms with van der Waals surface area (Å²) in [6.45, 7) is 1.42. The van der Waals surface area contributed by atoms with Crippen LogP contribution in [-0.2, 0) is 18.8 Å². The van der Waals surface area contributed by atoms with Crippen molar-refractivity contribution in [2.24, 2.45) is 0 Å². The lowest BCUT2D eigenvalue weighted by molar-refractivity contribution is -0.0185. The topological polar surface area (TPSA) is 99.1 Å². The molecule has 5 rings (SSSR count). The maximum absolute atomic E-state index is 14.8. The normalized spacial score (nSPS) is 13.7. The average molecular weight is 539 g/mol. The van der Waals surface area contributed by atoms with E-state index in [1.165, 1.54) is 23.1 Å². The third-order valence-electron chi connectivity index (χ3n) is 6.40. The summed E-state index contributed by atoms with van der Waals surface area (Å²) >= 11 is 0. The molecule has 0 unspecified atom stereocenters. The molecule has 0 aliphatic rings. The van der Waals surface area contributed by atoms with Crippen molar-refractivity contribution in [3.05, 3.63) is 113 Å². The summed E-state index contributed by atoms with van der Waals surface area (Å²) in [5.74, 6) is -3.73. The summed E-state index contributed by atoms with van der Waals surface area (Å²) in [5, 5.41) is 26.7. The number of tetrazole rings is 1. The first-order chi connectivity index (χ1) is 18.7. The highest BCUT2D eigenvalue weighted by atomic mass is 19.2. The Hall–Kier alpha value is -4.58. The highest BCUT2D eigenvalue weighted by Gasteiger charge is 2.42. The number of hydrogen-bond donors (Lipinski definition) is 1. The Labute approximate surface area is 219 Å². The Balaban J connectivity index is 1.35. The summed E-state index contributed by atoms with van der Waals surface area (Å²) in [5.41, 5.74) is -0.517. The lowest BCUT2D eigenvalue weighted by Gasteiger charge is -2.33. The smallest absolute Gasteiger partial charge is 0.159 e. The van der Waals surface area contributed by atoms with E-state index in [0.29, 0.717) is 28.6 Å². The van der Waals surface area contributed by atoms with Crippen LogP contribution in [0, 0.1) is 23.3 Å². The van der Waals surface area contributed by atoms with Crippen molar-refractivity contribution >= 4 is 0 Å². The van der Waals surface area contributed by atoms with E-state index in [0.717, 1.165) is 18.2 Å². The molecule has 0 aliphatic carbocycles. The Morgan fingerprint density at radius 3 is 2.44 bits per heavy atom. The lowest BCUT2D eigenvalue weighted by atomic mass is 9.80. The fraction of sp³-hybridized carbons (Fsp3) is 0.185. The van der Waals surface area contributed by atoms with Gasteiger partial charge in [0.15, 0.2) is 11.6 Å². The molecule has 2 atom stereocenters. The predicted octanol–water partition coefficient (Wildman–Crippen LogP) is 5.16. The molecule has 2 aromatic heterocycles. The van der Waals surface area contributed by atoms with Crippen LogP contribution < -0.4 is 4.74 Å². The van der Waals surface area contributed by atoms with Gasteiger partial charge in [-0.25, -0.2) is 22.2 Å². The van der Waals surface area contributed by atoms with E-state index in [9.17, 15) is 22.7 Å². The molecule has 5 aromatic rings. The second-order valence-corrected chi connectivity index (χ2v) is 8.95. The van der Waals surface area contributed by atoms with Crippen LogP contribution in [-0.4, -0.2) is 30.5 Å². The molecule has 0 fully saturated rings. The second kappa shape index (κ2) is 10.7. The van der Waals surface area contributed by atoms with Crippen molar-refractivity contribution in [2.45, 2.75) is 31.6 Å². The Morgan fingerprint density at radius 2 is 1.74 bits per heavy atom. The lowest BCUT2D eigenvalue weighted by Crippen LogP contribution is -2.38. The number of aliphatic hydroxyl groups is 1. The second-order valence-electron chi connectivity index (χ2n) is 8.95. The molecule has 3 aromatic carbocycles. The highest BCUT2D eigenvalue weighted by molar-refractivity contribution is 5.60. The van der Waals surface area contributed by atoms with E-state index in [1.54, 1.807) is 37.3 Å². The molecule has 200 valence electrons. The molecular formula is C27H21F4N5O3. The van der Waals surface area contributed by atoms with E-state index in [-0.39, 0.29) is 24.5 Å². The number of nitrogens with zero attached hydrogens (tertiary/aromatic N) is 5. The van der Waals surface area contributed by atoms with Gasteiger partial charge in [-0.15, -0.1) is 5.10 Å². The number of halogens is 4. The first-order valence-electron chi connectivity index (χ1n) is 11.8. The molecule has 0 spiro atoms. The minimum absolute atomic E-state index is 0.0436. The van der Waals surface area contributed by atoms with Crippen LogP contribution in [0.4, 0.5) is 17.6 Å². The van der Waals surface area contributed by atoms with E-state index in [2.05, 4.69) is 20.7 Å². The van der Waals surface area contributed by atoms with Gasteiger partial charge in [0, 0.05) is 23.3 Å². The Bertz CT molecular complexity index is 1580. The standard InChI is InChI=1S/C27H21F4N5O3/c1-16(27(37,14-36-15-32-34-35-36)21-8-5-19(28)11-23(21)30)26-12-25(33-39-26)18-3-6-20(7-4-18)38-13-17-2-9-22(29)24(31)10-17/h2-12,15-16,37H,13-14H2,1H3/t16-,27+/m0/s1. The SMILES string of the molecule is C[C@@H](c1cc(-c2ccc(OCc3ccc(F)c(F)c3)cc2)no1)[C@](O)(Cn1cnnn1)c1ccc(F)cc1F. The van der Waals surface area contributed by atoms with Gasteiger partial charge >= 0.3 is 0 Å². The van der Waals surface area contributed by atoms with Crippen LogP contribution in [0.15, 0.2) is 77.6 Å². The number of rotatable bonds is 9. The maximum Gasteiger partial charge on any atom is 0.159 e. The molecule has 1 N–H and O–H groups in total. The van der Waals surface area contributed by atoms with Crippen molar-refractivity contribution in [3.8, 4) is 17.0 Å². The van der Waals surface area contributed by atoms with Gasteiger partial charge in [0.1, 0.15) is 47.4 Å². The van der Waals surface area contributed by atoms with Crippen LogP contribution in [0.2, 0.25) is 0 Å². The molecule has 0 saturated heterocycles. The first kappa shape index (κ1) is 26.0. The highest BCUT2D eigenvalue weighted by Crippen LogP contribution is 2.40. The van der Waals surface area contributed by atoms with Crippen molar-refractivity contribution < 1.29 is 31.9 Å². The third kappa shape index (κ3) is 5.50. The summed E-state index contributed by atoms with van der Waals surface area (Å²) in [6, 6.07) is 14.9. The first-order valence-corrected chi connectivity index (χ1v) is 11.8. The van der Waals surface area contributed by atoms with E-state index in [4.69, 9.17) is 9.26 Å². The molecule has 39 heavy (non-hydrogen) atoms. The van der Waals surface area contributed by atoms with Crippen LogP contribution in [0.3, 0.4) is 0 Å². The minimum atomic E-state index is -1.93. The molecule has 12 heteroatoms. The molecule has 0 radical (unpaired) electrons. The van der Waals surface area contributed by atoms with Gasteiger partial charge in [-0.3, -0.25) is 0 Å². The van der Waals surface area contributed by atoms with Gasteiger partial charge in [0.25, 0.3) is 0 Å². The number of benzene rings is 3. The summed E-state index contributed by atoms with van der Waals surface area (Å²) in [4.78, 5) is 0. The van der Waals surface area contributed by atoms with Crippen LogP contribution in [0.25, 0.3) is 11.3 Å². The molecule has 0 bridgehead atoms. The van der Waals surface area contributed by atoms with Crippen LogP contribution >= 0.6 is 0 Å². The van der Waals surface area contributed by atoms with Crippen molar-refractivity contribution in [1.29, 1.82) is 0 Å². The number of ether oxygens (including phenoxy) is 1. The molecule has 0 saturated carbocycles. The van der Waals surface area contributed by atoms with E-state index < -0.39 is 34.8 Å². The van der Waals surface area contributed by atoms with Crippen molar-refractivity contribution in [3.63, 3.8) is 0 Å². The molecule has 8 nitrogen and oxygen atoms in total. The molecule has 0 amide bonds. The largest absolute Gasteiger partial charge is 0.489 e. The maximum atomic E-state index is 14.8. The zero-order chi connectivity index (χ0) is 27.6. The van der Waals surface area contributed by atoms with Gasteiger partial charge < -0.3 is 14.4 Å².